The average molecular weight is 372 g/mol. The molecule has 2 heterocycles. The molecule has 0 spiro atoms. The largest absolute Gasteiger partial charge is 0.476 e. The number of aromatic carboxylic acids is 1. The zero-order chi connectivity index (χ0) is 18.8. The van der Waals surface area contributed by atoms with Gasteiger partial charge in [0.25, 0.3) is 0 Å². The number of hydrogen-bond donors (Lipinski definition) is 2. The van der Waals surface area contributed by atoms with Gasteiger partial charge in [0.05, 0.1) is 5.02 Å². The minimum absolute atomic E-state index is 0.0652. The molecular weight excluding hydrogens is 358 g/mol. The highest BCUT2D eigenvalue weighted by molar-refractivity contribution is 6.33. The Labute approximate surface area is 153 Å². The predicted molar refractivity (Wildman–Crippen MR) is 96.2 cm³/mol. The number of carboxylic acids is 1. The van der Waals surface area contributed by atoms with Crippen molar-refractivity contribution < 1.29 is 19.1 Å². The van der Waals surface area contributed by atoms with Crippen LogP contribution in [0.4, 0.5) is 5.82 Å². The number of anilines is 1. The number of nitrogens with zero attached hydrogens (tertiary/aromatic N) is 2. The van der Waals surface area contributed by atoms with E-state index in [-0.39, 0.29) is 23.3 Å². The van der Waals surface area contributed by atoms with Crippen LogP contribution in [-0.2, 0) is 4.79 Å². The van der Waals surface area contributed by atoms with E-state index in [2.05, 4.69) is 15.3 Å². The Bertz CT molecular complexity index is 1010. The number of carbonyl (C=O) groups is 2. The van der Waals surface area contributed by atoms with Crippen LogP contribution in [0.15, 0.2) is 40.9 Å². The van der Waals surface area contributed by atoms with Crippen molar-refractivity contribution in [2.75, 3.05) is 5.32 Å². The zero-order valence-corrected chi connectivity index (χ0v) is 14.7. The van der Waals surface area contributed by atoms with Gasteiger partial charge in [0.15, 0.2) is 11.5 Å². The molecule has 0 saturated heterocycles. The summed E-state index contributed by atoms with van der Waals surface area (Å²) >= 11 is 6.17. The van der Waals surface area contributed by atoms with Crippen molar-refractivity contribution in [3.05, 3.63) is 52.8 Å². The molecule has 0 aliphatic rings. The topological polar surface area (TPSA) is 105 Å². The summed E-state index contributed by atoms with van der Waals surface area (Å²) < 4.78 is 5.75. The first-order valence-electron chi connectivity index (χ1n) is 7.60. The number of aryl methyl sites for hydroxylation is 1. The Balaban J connectivity index is 2.16. The predicted octanol–water partition coefficient (Wildman–Crippen LogP) is 4.02. The lowest BCUT2D eigenvalue weighted by Gasteiger charge is -2.05. The van der Waals surface area contributed by atoms with Gasteiger partial charge in [-0.1, -0.05) is 23.7 Å². The van der Waals surface area contributed by atoms with Gasteiger partial charge in [-0.25, -0.2) is 14.8 Å². The molecule has 26 heavy (non-hydrogen) atoms. The summed E-state index contributed by atoms with van der Waals surface area (Å²) in [7, 11) is 0. The van der Waals surface area contributed by atoms with Gasteiger partial charge < -0.3 is 14.8 Å². The number of pyridine rings is 1. The number of halogens is 1. The van der Waals surface area contributed by atoms with E-state index >= 15 is 0 Å². The van der Waals surface area contributed by atoms with Gasteiger partial charge in [0, 0.05) is 24.2 Å². The van der Waals surface area contributed by atoms with Crippen LogP contribution in [0.1, 0.15) is 23.0 Å². The average Bonchev–Trinajstić information content (AvgIpc) is 3.01. The summed E-state index contributed by atoms with van der Waals surface area (Å²) in [6.45, 7) is 3.14. The maximum Gasteiger partial charge on any atom is 0.358 e. The monoisotopic (exact) mass is 371 g/mol. The Hall–Kier alpha value is -3.19. The van der Waals surface area contributed by atoms with Gasteiger partial charge in [-0.15, -0.1) is 0 Å². The number of oxazole rings is 1. The smallest absolute Gasteiger partial charge is 0.358 e. The molecule has 0 radical (unpaired) electrons. The van der Waals surface area contributed by atoms with Crippen LogP contribution in [0.2, 0.25) is 5.02 Å². The number of aromatic nitrogens is 2. The fourth-order valence-corrected chi connectivity index (χ4v) is 2.63. The summed E-state index contributed by atoms with van der Waals surface area (Å²) in [5, 5.41) is 12.4. The molecule has 0 unspecified atom stereocenters. The third kappa shape index (κ3) is 3.43. The summed E-state index contributed by atoms with van der Waals surface area (Å²) in [4.78, 5) is 31.1. The summed E-state index contributed by atoms with van der Waals surface area (Å²) in [5.74, 6) is -1.03. The molecule has 2 N–H and O–H groups in total. The van der Waals surface area contributed by atoms with Crippen molar-refractivity contribution in [1.29, 1.82) is 0 Å². The van der Waals surface area contributed by atoms with Gasteiger partial charge >= 0.3 is 5.97 Å². The molecule has 132 valence electrons. The lowest BCUT2D eigenvalue weighted by atomic mass is 10.1. The molecule has 0 atom stereocenters. The molecule has 2 aromatic heterocycles. The number of carboxylic acid groups (broad SMARTS) is 1. The zero-order valence-electron chi connectivity index (χ0n) is 13.9. The van der Waals surface area contributed by atoms with Crippen LogP contribution in [-0.4, -0.2) is 27.0 Å². The second-order valence-electron chi connectivity index (χ2n) is 5.55. The maximum atomic E-state index is 11.6. The van der Waals surface area contributed by atoms with Crippen LogP contribution >= 0.6 is 11.6 Å². The molecule has 1 aromatic carbocycles. The molecule has 3 aromatic rings. The number of carbonyl (C=O) groups excluding carboxylic acids is 1. The van der Waals surface area contributed by atoms with Crippen molar-refractivity contribution in [3.8, 4) is 22.8 Å². The van der Waals surface area contributed by atoms with Gasteiger partial charge in [0.1, 0.15) is 5.82 Å². The van der Waals surface area contributed by atoms with Gasteiger partial charge in [-0.3, -0.25) is 4.79 Å². The van der Waals surface area contributed by atoms with Crippen LogP contribution in [0.5, 0.6) is 0 Å². The molecule has 0 aliphatic heterocycles. The number of amides is 1. The van der Waals surface area contributed by atoms with E-state index in [1.165, 1.54) is 6.92 Å². The van der Waals surface area contributed by atoms with Crippen molar-refractivity contribution >= 4 is 29.3 Å². The fraction of sp³-hybridized carbons (Fsp3) is 0.111. The van der Waals surface area contributed by atoms with E-state index in [1.807, 2.05) is 0 Å². The Morgan fingerprint density at radius 1 is 1.23 bits per heavy atom. The second kappa shape index (κ2) is 6.97. The van der Waals surface area contributed by atoms with E-state index in [1.54, 1.807) is 43.5 Å². The van der Waals surface area contributed by atoms with Gasteiger partial charge in [-0.05, 0) is 30.7 Å². The highest BCUT2D eigenvalue weighted by Gasteiger charge is 2.24. The van der Waals surface area contributed by atoms with Crippen molar-refractivity contribution in [1.82, 2.24) is 9.97 Å². The third-order valence-corrected chi connectivity index (χ3v) is 3.92. The van der Waals surface area contributed by atoms with Gasteiger partial charge in [0.2, 0.25) is 11.8 Å². The molecule has 3 rings (SSSR count). The molecule has 0 bridgehead atoms. The maximum absolute atomic E-state index is 11.6. The lowest BCUT2D eigenvalue weighted by Crippen LogP contribution is -2.07. The van der Waals surface area contributed by atoms with E-state index < -0.39 is 5.97 Å². The Kier molecular flexibility index (Phi) is 4.73. The minimum atomic E-state index is -1.23. The second-order valence-corrected chi connectivity index (χ2v) is 5.95. The van der Waals surface area contributed by atoms with E-state index in [4.69, 9.17) is 16.0 Å². The van der Waals surface area contributed by atoms with Crippen molar-refractivity contribution in [3.63, 3.8) is 0 Å². The molecule has 8 heteroatoms. The third-order valence-electron chi connectivity index (χ3n) is 3.59. The Morgan fingerprint density at radius 2 is 1.96 bits per heavy atom. The standard InChI is InChI=1S/C18H14ClN3O4/c1-9-8-20-14(21-10(2)23)7-12(9)17-22-15(18(24)25)16(26-17)11-5-3-4-6-13(11)19/h3-8H,1-2H3,(H,24,25)(H,20,21,23). The number of rotatable bonds is 4. The summed E-state index contributed by atoms with van der Waals surface area (Å²) in [5.41, 5.74) is 1.41. The first kappa shape index (κ1) is 17.6. The minimum Gasteiger partial charge on any atom is -0.476 e. The highest BCUT2D eigenvalue weighted by Crippen LogP contribution is 2.35. The fourth-order valence-electron chi connectivity index (χ4n) is 2.41. The number of hydrogen-bond acceptors (Lipinski definition) is 5. The number of benzene rings is 1. The quantitative estimate of drug-likeness (QED) is 0.717. The first-order valence-corrected chi connectivity index (χ1v) is 7.98. The van der Waals surface area contributed by atoms with Crippen molar-refractivity contribution in [2.45, 2.75) is 13.8 Å². The van der Waals surface area contributed by atoms with Crippen LogP contribution < -0.4 is 5.32 Å². The Morgan fingerprint density at radius 3 is 2.62 bits per heavy atom. The van der Waals surface area contributed by atoms with Crippen molar-refractivity contribution in [2.24, 2.45) is 0 Å². The lowest BCUT2D eigenvalue weighted by molar-refractivity contribution is -0.114. The molecule has 1 amide bonds. The van der Waals surface area contributed by atoms with Crippen LogP contribution in [0, 0.1) is 6.92 Å². The van der Waals surface area contributed by atoms with E-state index in [0.717, 1.165) is 0 Å². The van der Waals surface area contributed by atoms with Crippen LogP contribution in [0.3, 0.4) is 0 Å². The molecule has 0 fully saturated rings. The summed E-state index contributed by atoms with van der Waals surface area (Å²) in [6, 6.07) is 8.32. The summed E-state index contributed by atoms with van der Waals surface area (Å²) in [6.07, 6.45) is 1.54. The molecule has 7 nitrogen and oxygen atoms in total. The highest BCUT2D eigenvalue weighted by atomic mass is 35.5. The van der Waals surface area contributed by atoms with Crippen LogP contribution in [0.25, 0.3) is 22.8 Å². The van der Waals surface area contributed by atoms with Gasteiger partial charge in [-0.2, -0.15) is 0 Å². The van der Waals surface area contributed by atoms with E-state index in [9.17, 15) is 14.7 Å². The van der Waals surface area contributed by atoms with E-state index in [0.29, 0.717) is 27.5 Å². The molecule has 0 saturated carbocycles. The first-order chi connectivity index (χ1) is 12.4. The number of nitrogens with one attached hydrogen (secondary N) is 1. The SMILES string of the molecule is CC(=O)Nc1cc(-c2nc(C(=O)O)c(-c3ccccc3Cl)o2)c(C)cn1. The molecule has 0 aliphatic carbocycles. The molecular formula is C18H14ClN3O4. The normalized spacial score (nSPS) is 10.6.